The zero-order chi connectivity index (χ0) is 16.1. The van der Waals surface area contributed by atoms with E-state index in [1.807, 2.05) is 0 Å². The number of H-pyrrole nitrogens is 1. The van der Waals surface area contributed by atoms with Gasteiger partial charge in [-0.15, -0.1) is 0 Å². The first kappa shape index (κ1) is 13.7. The predicted molar refractivity (Wildman–Crippen MR) is 84.7 cm³/mol. The van der Waals surface area contributed by atoms with Crippen molar-refractivity contribution in [2.24, 2.45) is 0 Å². The Morgan fingerprint density at radius 1 is 0.826 bits per heavy atom. The number of ketones is 2. The second-order valence-electron chi connectivity index (χ2n) is 5.18. The Morgan fingerprint density at radius 3 is 2.09 bits per heavy atom. The third kappa shape index (κ3) is 1.90. The van der Waals surface area contributed by atoms with E-state index in [1.54, 1.807) is 48.5 Å². The Balaban J connectivity index is 1.97. The maximum atomic E-state index is 12.6. The highest BCUT2D eigenvalue weighted by molar-refractivity contribution is 6.30. The van der Waals surface area contributed by atoms with E-state index in [9.17, 15) is 14.4 Å². The first-order chi connectivity index (χ1) is 11.1. The highest BCUT2D eigenvalue weighted by Gasteiger charge is 2.34. The molecular weight excluding hydrogens is 316 g/mol. The molecule has 0 saturated carbocycles. The molecule has 1 aliphatic carbocycles. The van der Waals surface area contributed by atoms with E-state index in [1.165, 1.54) is 4.68 Å². The van der Waals surface area contributed by atoms with Gasteiger partial charge in [0.2, 0.25) is 11.6 Å². The molecule has 0 spiro atoms. The normalized spacial score (nSPS) is 12.9. The largest absolute Gasteiger partial charge is 0.288 e. The lowest BCUT2D eigenvalue weighted by atomic mass is 9.88. The van der Waals surface area contributed by atoms with Crippen LogP contribution in [-0.2, 0) is 0 Å². The lowest BCUT2D eigenvalue weighted by Crippen LogP contribution is -2.25. The first-order valence-corrected chi connectivity index (χ1v) is 7.25. The molecule has 0 bridgehead atoms. The number of aromatic amines is 1. The highest BCUT2D eigenvalue weighted by Crippen LogP contribution is 2.24. The molecule has 6 heteroatoms. The molecule has 0 aliphatic heterocycles. The van der Waals surface area contributed by atoms with E-state index in [0.717, 1.165) is 0 Å². The summed E-state index contributed by atoms with van der Waals surface area (Å²) in [6, 6.07) is 13.0. The number of nitrogens with one attached hydrogen (secondary N) is 1. The van der Waals surface area contributed by atoms with Crippen molar-refractivity contribution in [3.63, 3.8) is 0 Å². The molecule has 3 aromatic rings. The van der Waals surface area contributed by atoms with E-state index in [-0.39, 0.29) is 22.6 Å². The van der Waals surface area contributed by atoms with Crippen LogP contribution in [0.3, 0.4) is 0 Å². The number of nitrogens with zero attached hydrogens (tertiary/aromatic N) is 1. The second-order valence-corrected chi connectivity index (χ2v) is 5.62. The summed E-state index contributed by atoms with van der Waals surface area (Å²) >= 11 is 5.84. The van der Waals surface area contributed by atoms with E-state index in [2.05, 4.69) is 5.10 Å². The van der Waals surface area contributed by atoms with Crippen LogP contribution in [0.5, 0.6) is 0 Å². The molecule has 2 aromatic carbocycles. The van der Waals surface area contributed by atoms with Gasteiger partial charge in [-0.1, -0.05) is 35.9 Å². The van der Waals surface area contributed by atoms with Crippen LogP contribution in [0.25, 0.3) is 5.69 Å². The smallest absolute Gasteiger partial charge is 0.283 e. The van der Waals surface area contributed by atoms with Crippen LogP contribution < -0.4 is 5.56 Å². The fourth-order valence-corrected chi connectivity index (χ4v) is 2.86. The summed E-state index contributed by atoms with van der Waals surface area (Å²) in [6.07, 6.45) is 0. The highest BCUT2D eigenvalue weighted by atomic mass is 35.5. The van der Waals surface area contributed by atoms with Gasteiger partial charge in [0.15, 0.2) is 0 Å². The first-order valence-electron chi connectivity index (χ1n) is 6.87. The average molecular weight is 325 g/mol. The summed E-state index contributed by atoms with van der Waals surface area (Å²) in [7, 11) is 0. The van der Waals surface area contributed by atoms with Crippen molar-refractivity contribution < 1.29 is 9.59 Å². The molecule has 1 aliphatic rings. The van der Waals surface area contributed by atoms with Crippen molar-refractivity contribution in [3.05, 3.63) is 86.3 Å². The summed E-state index contributed by atoms with van der Waals surface area (Å²) in [5.74, 6) is -0.802. The number of rotatable bonds is 1. The van der Waals surface area contributed by atoms with Gasteiger partial charge in [0, 0.05) is 16.1 Å². The molecule has 112 valence electrons. The van der Waals surface area contributed by atoms with Crippen molar-refractivity contribution in [2.45, 2.75) is 0 Å². The number of hydrogen-bond acceptors (Lipinski definition) is 3. The van der Waals surface area contributed by atoms with Crippen molar-refractivity contribution in [3.8, 4) is 5.69 Å². The van der Waals surface area contributed by atoms with Gasteiger partial charge in [0.05, 0.1) is 5.69 Å². The van der Waals surface area contributed by atoms with Gasteiger partial charge in [-0.25, -0.2) is 4.68 Å². The molecule has 1 N–H and O–H groups in total. The Morgan fingerprint density at radius 2 is 1.43 bits per heavy atom. The minimum atomic E-state index is -0.546. The lowest BCUT2D eigenvalue weighted by Gasteiger charge is -2.11. The van der Waals surface area contributed by atoms with E-state index >= 15 is 0 Å². The van der Waals surface area contributed by atoms with Gasteiger partial charge < -0.3 is 0 Å². The van der Waals surface area contributed by atoms with Gasteiger partial charge in [-0.3, -0.25) is 19.5 Å². The van der Waals surface area contributed by atoms with Gasteiger partial charge >= 0.3 is 0 Å². The van der Waals surface area contributed by atoms with Crippen molar-refractivity contribution in [1.29, 1.82) is 0 Å². The molecule has 5 nitrogen and oxygen atoms in total. The van der Waals surface area contributed by atoms with Crippen LogP contribution in [0.15, 0.2) is 53.3 Å². The predicted octanol–water partition coefficient (Wildman–Crippen LogP) is 2.59. The van der Waals surface area contributed by atoms with Crippen molar-refractivity contribution in [2.75, 3.05) is 0 Å². The zero-order valence-electron chi connectivity index (χ0n) is 11.7. The molecule has 0 fully saturated rings. The number of aromatic nitrogens is 2. The topological polar surface area (TPSA) is 71.9 Å². The number of benzene rings is 2. The van der Waals surface area contributed by atoms with E-state index < -0.39 is 11.3 Å². The van der Waals surface area contributed by atoms with Gasteiger partial charge in [-0.05, 0) is 24.3 Å². The summed E-state index contributed by atoms with van der Waals surface area (Å²) in [5.41, 5.74) is 0.407. The maximum Gasteiger partial charge on any atom is 0.283 e. The van der Waals surface area contributed by atoms with Crippen molar-refractivity contribution in [1.82, 2.24) is 9.78 Å². The van der Waals surface area contributed by atoms with Gasteiger partial charge in [0.1, 0.15) is 11.3 Å². The molecule has 1 aromatic heterocycles. The van der Waals surface area contributed by atoms with Gasteiger partial charge in [-0.2, -0.15) is 0 Å². The quantitative estimate of drug-likeness (QED) is 0.585. The minimum Gasteiger partial charge on any atom is -0.288 e. The maximum absolute atomic E-state index is 12.6. The third-order valence-electron chi connectivity index (χ3n) is 3.85. The fraction of sp³-hybridized carbons (Fsp3) is 0. The van der Waals surface area contributed by atoms with Crippen LogP contribution in [0, 0.1) is 0 Å². The van der Waals surface area contributed by atoms with Crippen molar-refractivity contribution >= 4 is 23.2 Å². The lowest BCUT2D eigenvalue weighted by molar-refractivity contribution is 0.0976. The Kier molecular flexibility index (Phi) is 2.86. The Hall–Kier alpha value is -2.92. The molecule has 4 rings (SSSR count). The Bertz CT molecular complexity index is 1030. The fourth-order valence-electron chi connectivity index (χ4n) is 2.73. The van der Waals surface area contributed by atoms with Crippen LogP contribution in [0.4, 0.5) is 0 Å². The SMILES string of the molecule is O=C1c2ccccc2C(=O)c2c1[nH]n(-c1ccc(Cl)cc1)c2=O. The third-order valence-corrected chi connectivity index (χ3v) is 4.10. The monoisotopic (exact) mass is 324 g/mol. The molecule has 0 atom stereocenters. The van der Waals surface area contributed by atoms with E-state index in [0.29, 0.717) is 16.3 Å². The summed E-state index contributed by atoms with van der Waals surface area (Å²) in [6.45, 7) is 0. The molecule has 0 unspecified atom stereocenters. The molecule has 0 amide bonds. The standard InChI is InChI=1S/C17H9ClN2O3/c18-9-5-7-10(8-6-9)20-17(23)13-14(19-20)16(22)12-4-2-1-3-11(12)15(13)21/h1-8,19H. The summed E-state index contributed by atoms with van der Waals surface area (Å²) < 4.78 is 1.18. The average Bonchev–Trinajstić information content (AvgIpc) is 2.91. The Labute approximate surface area is 135 Å². The molecular formula is C17H9ClN2O3. The van der Waals surface area contributed by atoms with Crippen LogP contribution in [0.2, 0.25) is 5.02 Å². The number of halogens is 1. The number of hydrogen-bond donors (Lipinski definition) is 1. The van der Waals surface area contributed by atoms with Crippen LogP contribution in [-0.4, -0.2) is 21.3 Å². The van der Waals surface area contributed by atoms with E-state index in [4.69, 9.17) is 11.6 Å². The zero-order valence-corrected chi connectivity index (χ0v) is 12.4. The van der Waals surface area contributed by atoms with Crippen LogP contribution in [0.1, 0.15) is 32.0 Å². The second kappa shape index (κ2) is 4.79. The summed E-state index contributed by atoms with van der Waals surface area (Å²) in [4.78, 5) is 37.7. The minimum absolute atomic E-state index is 0.0219. The number of fused-ring (bicyclic) bond motifs is 2. The van der Waals surface area contributed by atoms with Gasteiger partial charge in [0.25, 0.3) is 5.56 Å². The molecule has 0 radical (unpaired) electrons. The number of carbonyl (C=O) groups is 2. The number of carbonyl (C=O) groups excluding carboxylic acids is 2. The molecule has 0 saturated heterocycles. The molecule has 23 heavy (non-hydrogen) atoms. The summed E-state index contributed by atoms with van der Waals surface area (Å²) in [5, 5.41) is 3.28. The molecule has 1 heterocycles. The van der Waals surface area contributed by atoms with Crippen LogP contribution >= 0.6 is 11.6 Å².